The summed E-state index contributed by atoms with van der Waals surface area (Å²) in [5.74, 6) is -0.432. The van der Waals surface area contributed by atoms with Crippen molar-refractivity contribution < 1.29 is 14.6 Å². The van der Waals surface area contributed by atoms with E-state index in [1.54, 1.807) is 18.7 Å². The van der Waals surface area contributed by atoms with Gasteiger partial charge in [0.1, 0.15) is 12.4 Å². The third kappa shape index (κ3) is 4.02. The van der Waals surface area contributed by atoms with Gasteiger partial charge in [0, 0.05) is 4.90 Å². The van der Waals surface area contributed by atoms with Crippen LogP contribution in [0, 0.1) is 0 Å². The Labute approximate surface area is 129 Å². The molecule has 0 aromatic heterocycles. The van der Waals surface area contributed by atoms with Crippen LogP contribution in [0.2, 0.25) is 0 Å². The fourth-order valence-electron chi connectivity index (χ4n) is 1.94. The molecule has 1 unspecified atom stereocenters. The summed E-state index contributed by atoms with van der Waals surface area (Å²) in [6, 6.07) is 15.4. The molecule has 0 saturated carbocycles. The Hall–Kier alpha value is -1.94. The molecule has 0 bridgehead atoms. The number of rotatable bonds is 6. The molecule has 1 N–H and O–H groups in total. The monoisotopic (exact) mass is 302 g/mol. The van der Waals surface area contributed by atoms with Crippen molar-refractivity contribution in [2.75, 3.05) is 6.26 Å². The highest BCUT2D eigenvalue weighted by Crippen LogP contribution is 2.27. The summed E-state index contributed by atoms with van der Waals surface area (Å²) in [4.78, 5) is 12.0. The molecule has 0 saturated heterocycles. The van der Waals surface area contributed by atoms with E-state index in [-0.39, 0.29) is 0 Å². The minimum Gasteiger partial charge on any atom is -0.488 e. The SMILES string of the molecule is CSc1ccccc1OCc1ccc(C(C)C(=O)O)cc1. The summed E-state index contributed by atoms with van der Waals surface area (Å²) >= 11 is 1.65. The largest absolute Gasteiger partial charge is 0.488 e. The first kappa shape index (κ1) is 15.4. The van der Waals surface area contributed by atoms with E-state index in [0.717, 1.165) is 21.8 Å². The maximum absolute atomic E-state index is 10.9. The number of carboxylic acids is 1. The van der Waals surface area contributed by atoms with Gasteiger partial charge in [-0.3, -0.25) is 4.79 Å². The average molecular weight is 302 g/mol. The Morgan fingerprint density at radius 1 is 1.19 bits per heavy atom. The van der Waals surface area contributed by atoms with E-state index in [1.807, 2.05) is 54.8 Å². The van der Waals surface area contributed by atoms with E-state index in [2.05, 4.69) is 0 Å². The van der Waals surface area contributed by atoms with Crippen LogP contribution in [-0.2, 0) is 11.4 Å². The standard InChI is InChI=1S/C17H18O3S/c1-12(17(18)19)14-9-7-13(8-10-14)11-20-15-5-3-4-6-16(15)21-2/h3-10,12H,11H2,1-2H3,(H,18,19). The van der Waals surface area contributed by atoms with E-state index >= 15 is 0 Å². The second kappa shape index (κ2) is 7.18. The normalized spacial score (nSPS) is 11.9. The predicted octanol–water partition coefficient (Wildman–Crippen LogP) is 4.18. The number of thioether (sulfide) groups is 1. The van der Waals surface area contributed by atoms with Gasteiger partial charge in [-0.05, 0) is 36.4 Å². The summed E-state index contributed by atoms with van der Waals surface area (Å²) in [7, 11) is 0. The molecule has 1 atom stereocenters. The van der Waals surface area contributed by atoms with Gasteiger partial charge in [0.15, 0.2) is 0 Å². The number of hydrogen-bond donors (Lipinski definition) is 1. The van der Waals surface area contributed by atoms with E-state index in [4.69, 9.17) is 9.84 Å². The third-order valence-electron chi connectivity index (χ3n) is 3.31. The number of carboxylic acid groups (broad SMARTS) is 1. The Bertz CT molecular complexity index is 608. The Kier molecular flexibility index (Phi) is 5.28. The Morgan fingerprint density at radius 2 is 1.86 bits per heavy atom. The molecular formula is C17H18O3S. The van der Waals surface area contributed by atoms with Crippen molar-refractivity contribution >= 4 is 17.7 Å². The average Bonchev–Trinajstić information content (AvgIpc) is 2.52. The molecule has 0 aliphatic rings. The molecule has 2 rings (SSSR count). The smallest absolute Gasteiger partial charge is 0.310 e. The second-order valence-electron chi connectivity index (χ2n) is 4.74. The first-order chi connectivity index (χ1) is 10.1. The van der Waals surface area contributed by atoms with E-state index in [1.165, 1.54) is 0 Å². The van der Waals surface area contributed by atoms with E-state index in [0.29, 0.717) is 6.61 Å². The molecular weight excluding hydrogens is 284 g/mol. The third-order valence-corrected chi connectivity index (χ3v) is 4.09. The lowest BCUT2D eigenvalue weighted by Gasteiger charge is -2.11. The molecule has 0 spiro atoms. The second-order valence-corrected chi connectivity index (χ2v) is 5.59. The van der Waals surface area contributed by atoms with Crippen LogP contribution in [0.3, 0.4) is 0 Å². The lowest BCUT2D eigenvalue weighted by molar-refractivity contribution is -0.138. The van der Waals surface area contributed by atoms with Crippen molar-refractivity contribution in [2.45, 2.75) is 24.3 Å². The molecule has 0 amide bonds. The van der Waals surface area contributed by atoms with Gasteiger partial charge in [-0.15, -0.1) is 11.8 Å². The molecule has 4 heteroatoms. The minimum absolute atomic E-state index is 0.472. The van der Waals surface area contributed by atoms with Gasteiger partial charge >= 0.3 is 5.97 Å². The van der Waals surface area contributed by atoms with Gasteiger partial charge in [-0.25, -0.2) is 0 Å². The van der Waals surface area contributed by atoms with Crippen molar-refractivity contribution in [3.05, 3.63) is 59.7 Å². The first-order valence-electron chi connectivity index (χ1n) is 6.69. The Balaban J connectivity index is 2.02. The zero-order chi connectivity index (χ0) is 15.2. The van der Waals surface area contributed by atoms with Crippen LogP contribution in [0.25, 0.3) is 0 Å². The summed E-state index contributed by atoms with van der Waals surface area (Å²) < 4.78 is 5.82. The molecule has 0 radical (unpaired) electrons. The number of carbonyl (C=O) groups is 1. The first-order valence-corrected chi connectivity index (χ1v) is 7.91. The van der Waals surface area contributed by atoms with Crippen molar-refractivity contribution in [2.24, 2.45) is 0 Å². The fraction of sp³-hybridized carbons (Fsp3) is 0.235. The van der Waals surface area contributed by atoms with Crippen LogP contribution in [-0.4, -0.2) is 17.3 Å². The van der Waals surface area contributed by atoms with Crippen LogP contribution in [0.4, 0.5) is 0 Å². The minimum atomic E-state index is -0.812. The summed E-state index contributed by atoms with van der Waals surface area (Å²) in [5, 5.41) is 8.99. The number of para-hydroxylation sites is 1. The topological polar surface area (TPSA) is 46.5 Å². The predicted molar refractivity (Wildman–Crippen MR) is 85.0 cm³/mol. The zero-order valence-electron chi connectivity index (χ0n) is 12.1. The highest BCUT2D eigenvalue weighted by atomic mass is 32.2. The van der Waals surface area contributed by atoms with Gasteiger partial charge in [-0.1, -0.05) is 36.4 Å². The van der Waals surface area contributed by atoms with Crippen LogP contribution < -0.4 is 4.74 Å². The van der Waals surface area contributed by atoms with Crippen molar-refractivity contribution in [3.63, 3.8) is 0 Å². The molecule has 2 aromatic rings. The van der Waals surface area contributed by atoms with Crippen molar-refractivity contribution in [3.8, 4) is 5.75 Å². The van der Waals surface area contributed by atoms with Crippen LogP contribution in [0.5, 0.6) is 5.75 Å². The molecule has 0 aliphatic carbocycles. The number of aliphatic carboxylic acids is 1. The van der Waals surface area contributed by atoms with Crippen LogP contribution in [0.15, 0.2) is 53.4 Å². The van der Waals surface area contributed by atoms with Gasteiger partial charge in [0.05, 0.1) is 5.92 Å². The molecule has 0 aliphatic heterocycles. The molecule has 0 heterocycles. The molecule has 3 nitrogen and oxygen atoms in total. The van der Waals surface area contributed by atoms with Gasteiger partial charge in [-0.2, -0.15) is 0 Å². The number of hydrogen-bond acceptors (Lipinski definition) is 3. The van der Waals surface area contributed by atoms with Crippen molar-refractivity contribution in [1.82, 2.24) is 0 Å². The quantitative estimate of drug-likeness (QED) is 0.813. The van der Waals surface area contributed by atoms with Crippen LogP contribution in [0.1, 0.15) is 24.0 Å². The molecule has 2 aromatic carbocycles. The van der Waals surface area contributed by atoms with E-state index in [9.17, 15) is 4.79 Å². The zero-order valence-corrected chi connectivity index (χ0v) is 12.9. The maximum atomic E-state index is 10.9. The van der Waals surface area contributed by atoms with Gasteiger partial charge < -0.3 is 9.84 Å². The maximum Gasteiger partial charge on any atom is 0.310 e. The molecule has 110 valence electrons. The number of ether oxygens (including phenoxy) is 1. The number of benzene rings is 2. The summed E-state index contributed by atoms with van der Waals surface area (Å²) in [6.45, 7) is 2.15. The van der Waals surface area contributed by atoms with Gasteiger partial charge in [0.25, 0.3) is 0 Å². The van der Waals surface area contributed by atoms with Crippen LogP contribution >= 0.6 is 11.8 Å². The highest BCUT2D eigenvalue weighted by Gasteiger charge is 2.13. The molecule has 0 fully saturated rings. The fourth-order valence-corrected chi connectivity index (χ4v) is 2.49. The van der Waals surface area contributed by atoms with Gasteiger partial charge in [0.2, 0.25) is 0 Å². The van der Waals surface area contributed by atoms with E-state index < -0.39 is 11.9 Å². The molecule has 21 heavy (non-hydrogen) atoms. The van der Waals surface area contributed by atoms with Crippen molar-refractivity contribution in [1.29, 1.82) is 0 Å². The summed E-state index contributed by atoms with van der Waals surface area (Å²) in [5.41, 5.74) is 1.82. The highest BCUT2D eigenvalue weighted by molar-refractivity contribution is 7.98. The summed E-state index contributed by atoms with van der Waals surface area (Å²) in [6.07, 6.45) is 2.02. The Morgan fingerprint density at radius 3 is 2.48 bits per heavy atom. The lowest BCUT2D eigenvalue weighted by Crippen LogP contribution is -2.07. The lowest BCUT2D eigenvalue weighted by atomic mass is 10.0.